The summed E-state index contributed by atoms with van der Waals surface area (Å²) < 4.78 is 12.9. The standard InChI is InChI=1S/C11H14FNO2/c1-2-13-10(7-11(14)15)8-4-3-5-9(12)6-8/h3-6,10,13H,2,7H2,1H3,(H,14,15). The van der Waals surface area contributed by atoms with E-state index in [4.69, 9.17) is 5.11 Å². The lowest BCUT2D eigenvalue weighted by Gasteiger charge is -2.15. The normalized spacial score (nSPS) is 12.4. The van der Waals surface area contributed by atoms with Crippen molar-refractivity contribution in [2.45, 2.75) is 19.4 Å². The quantitative estimate of drug-likeness (QED) is 0.782. The van der Waals surface area contributed by atoms with Crippen LogP contribution in [-0.2, 0) is 4.79 Å². The minimum atomic E-state index is -0.898. The number of hydrogen-bond acceptors (Lipinski definition) is 2. The van der Waals surface area contributed by atoms with Gasteiger partial charge < -0.3 is 10.4 Å². The second-order valence-electron chi connectivity index (χ2n) is 3.26. The first-order valence-corrected chi connectivity index (χ1v) is 4.84. The summed E-state index contributed by atoms with van der Waals surface area (Å²) in [6, 6.07) is 5.67. The third kappa shape index (κ3) is 3.67. The van der Waals surface area contributed by atoms with Gasteiger partial charge in [0.25, 0.3) is 0 Å². The number of nitrogens with one attached hydrogen (secondary N) is 1. The van der Waals surface area contributed by atoms with E-state index in [-0.39, 0.29) is 18.3 Å². The number of carbonyl (C=O) groups is 1. The van der Waals surface area contributed by atoms with Gasteiger partial charge in [-0.2, -0.15) is 0 Å². The third-order valence-electron chi connectivity index (χ3n) is 2.08. The van der Waals surface area contributed by atoms with Gasteiger partial charge in [0.15, 0.2) is 0 Å². The van der Waals surface area contributed by atoms with E-state index in [1.807, 2.05) is 6.92 Å². The van der Waals surface area contributed by atoms with Gasteiger partial charge >= 0.3 is 5.97 Å². The van der Waals surface area contributed by atoms with Crippen LogP contribution in [0.2, 0.25) is 0 Å². The van der Waals surface area contributed by atoms with E-state index >= 15 is 0 Å². The van der Waals surface area contributed by atoms with Crippen molar-refractivity contribution in [3.63, 3.8) is 0 Å². The molecule has 0 aliphatic rings. The van der Waals surface area contributed by atoms with Gasteiger partial charge in [0.1, 0.15) is 5.82 Å². The summed E-state index contributed by atoms with van der Waals surface area (Å²) in [5.41, 5.74) is 0.666. The number of rotatable bonds is 5. The molecule has 15 heavy (non-hydrogen) atoms. The van der Waals surface area contributed by atoms with Crippen LogP contribution >= 0.6 is 0 Å². The molecule has 0 aliphatic heterocycles. The Kier molecular flexibility index (Phi) is 4.24. The molecule has 0 radical (unpaired) electrons. The summed E-state index contributed by atoms with van der Waals surface area (Å²) in [4.78, 5) is 10.6. The SMILES string of the molecule is CCNC(CC(=O)O)c1cccc(F)c1. The number of carboxylic acid groups (broad SMARTS) is 1. The second kappa shape index (κ2) is 5.46. The summed E-state index contributed by atoms with van der Waals surface area (Å²) in [6.07, 6.45) is -0.0444. The molecule has 0 spiro atoms. The number of carboxylic acids is 1. The fourth-order valence-electron chi connectivity index (χ4n) is 1.45. The zero-order chi connectivity index (χ0) is 11.3. The van der Waals surface area contributed by atoms with Crippen molar-refractivity contribution in [1.82, 2.24) is 5.32 Å². The van der Waals surface area contributed by atoms with Crippen molar-refractivity contribution >= 4 is 5.97 Å². The molecule has 1 rings (SSSR count). The highest BCUT2D eigenvalue weighted by molar-refractivity contribution is 5.67. The first-order chi connectivity index (χ1) is 7.13. The monoisotopic (exact) mass is 211 g/mol. The van der Waals surface area contributed by atoms with Crippen molar-refractivity contribution in [3.8, 4) is 0 Å². The van der Waals surface area contributed by atoms with E-state index in [9.17, 15) is 9.18 Å². The molecule has 0 saturated carbocycles. The molecule has 82 valence electrons. The first kappa shape index (κ1) is 11.7. The van der Waals surface area contributed by atoms with Crippen LogP contribution in [0.15, 0.2) is 24.3 Å². The van der Waals surface area contributed by atoms with Crippen LogP contribution < -0.4 is 5.32 Å². The van der Waals surface area contributed by atoms with Crippen LogP contribution in [0, 0.1) is 5.82 Å². The molecule has 0 amide bonds. The van der Waals surface area contributed by atoms with Crippen LogP contribution in [0.4, 0.5) is 4.39 Å². The molecule has 4 heteroatoms. The molecule has 0 bridgehead atoms. The molecule has 0 aromatic heterocycles. The van der Waals surface area contributed by atoms with Crippen LogP contribution in [0.5, 0.6) is 0 Å². The predicted molar refractivity (Wildman–Crippen MR) is 55.1 cm³/mol. The van der Waals surface area contributed by atoms with E-state index in [1.54, 1.807) is 12.1 Å². The Morgan fingerprint density at radius 3 is 2.87 bits per heavy atom. The maximum atomic E-state index is 12.9. The lowest BCUT2D eigenvalue weighted by Crippen LogP contribution is -2.23. The topological polar surface area (TPSA) is 49.3 Å². The van der Waals surface area contributed by atoms with Crippen molar-refractivity contribution in [3.05, 3.63) is 35.6 Å². The summed E-state index contributed by atoms with van der Waals surface area (Å²) in [5, 5.41) is 11.7. The van der Waals surface area contributed by atoms with E-state index in [1.165, 1.54) is 12.1 Å². The number of aliphatic carboxylic acids is 1. The van der Waals surface area contributed by atoms with Crippen LogP contribution in [-0.4, -0.2) is 17.6 Å². The van der Waals surface area contributed by atoms with E-state index < -0.39 is 5.97 Å². The van der Waals surface area contributed by atoms with E-state index in [0.29, 0.717) is 12.1 Å². The Bertz CT molecular complexity index is 341. The Hall–Kier alpha value is -1.42. The van der Waals surface area contributed by atoms with Gasteiger partial charge in [-0.15, -0.1) is 0 Å². The largest absolute Gasteiger partial charge is 0.481 e. The fourth-order valence-corrected chi connectivity index (χ4v) is 1.45. The molecular formula is C11H14FNO2. The molecule has 0 saturated heterocycles. The lowest BCUT2D eigenvalue weighted by atomic mass is 10.0. The Morgan fingerprint density at radius 2 is 2.33 bits per heavy atom. The highest BCUT2D eigenvalue weighted by Gasteiger charge is 2.14. The molecule has 1 aromatic carbocycles. The zero-order valence-corrected chi connectivity index (χ0v) is 8.53. The second-order valence-corrected chi connectivity index (χ2v) is 3.26. The first-order valence-electron chi connectivity index (χ1n) is 4.84. The van der Waals surface area contributed by atoms with Gasteiger partial charge in [0.05, 0.1) is 6.42 Å². The van der Waals surface area contributed by atoms with Gasteiger partial charge in [0, 0.05) is 6.04 Å². The molecule has 0 fully saturated rings. The summed E-state index contributed by atoms with van der Waals surface area (Å²) >= 11 is 0. The van der Waals surface area contributed by atoms with E-state index in [2.05, 4.69) is 5.32 Å². The van der Waals surface area contributed by atoms with Gasteiger partial charge in [-0.05, 0) is 24.2 Å². The third-order valence-corrected chi connectivity index (χ3v) is 2.08. The molecular weight excluding hydrogens is 197 g/mol. The maximum absolute atomic E-state index is 12.9. The van der Waals surface area contributed by atoms with Crippen LogP contribution in [0.25, 0.3) is 0 Å². The Morgan fingerprint density at radius 1 is 1.60 bits per heavy atom. The number of benzene rings is 1. The van der Waals surface area contributed by atoms with Crippen LogP contribution in [0.3, 0.4) is 0 Å². The van der Waals surface area contributed by atoms with Gasteiger partial charge in [-0.1, -0.05) is 19.1 Å². The fraction of sp³-hybridized carbons (Fsp3) is 0.364. The Labute approximate surface area is 87.9 Å². The lowest BCUT2D eigenvalue weighted by molar-refractivity contribution is -0.137. The smallest absolute Gasteiger partial charge is 0.305 e. The van der Waals surface area contributed by atoms with Crippen LogP contribution in [0.1, 0.15) is 24.9 Å². The molecule has 1 aromatic rings. The Balaban J connectivity index is 2.83. The van der Waals surface area contributed by atoms with Crippen molar-refractivity contribution < 1.29 is 14.3 Å². The highest BCUT2D eigenvalue weighted by Crippen LogP contribution is 2.17. The summed E-state index contributed by atoms with van der Waals surface area (Å²) in [6.45, 7) is 2.53. The van der Waals surface area contributed by atoms with Crippen molar-refractivity contribution in [2.24, 2.45) is 0 Å². The van der Waals surface area contributed by atoms with E-state index in [0.717, 1.165) is 0 Å². The summed E-state index contributed by atoms with van der Waals surface area (Å²) in [5.74, 6) is -1.24. The zero-order valence-electron chi connectivity index (χ0n) is 8.53. The van der Waals surface area contributed by atoms with Gasteiger partial charge in [0.2, 0.25) is 0 Å². The maximum Gasteiger partial charge on any atom is 0.305 e. The number of hydrogen-bond donors (Lipinski definition) is 2. The minimum Gasteiger partial charge on any atom is -0.481 e. The summed E-state index contributed by atoms with van der Waals surface area (Å²) in [7, 11) is 0. The molecule has 0 heterocycles. The number of halogens is 1. The van der Waals surface area contributed by atoms with Crippen molar-refractivity contribution in [2.75, 3.05) is 6.54 Å². The average Bonchev–Trinajstić information content (AvgIpc) is 2.16. The van der Waals surface area contributed by atoms with Crippen molar-refractivity contribution in [1.29, 1.82) is 0 Å². The molecule has 0 aliphatic carbocycles. The van der Waals surface area contributed by atoms with Gasteiger partial charge in [-0.3, -0.25) is 4.79 Å². The van der Waals surface area contributed by atoms with Gasteiger partial charge in [-0.25, -0.2) is 4.39 Å². The molecule has 3 nitrogen and oxygen atoms in total. The molecule has 1 unspecified atom stereocenters. The highest BCUT2D eigenvalue weighted by atomic mass is 19.1. The molecule has 1 atom stereocenters. The minimum absolute atomic E-state index is 0.0444. The molecule has 2 N–H and O–H groups in total. The predicted octanol–water partition coefficient (Wildman–Crippen LogP) is 1.95. The average molecular weight is 211 g/mol.